The molecule has 0 aliphatic carbocycles. The monoisotopic (exact) mass is 504 g/mol. The second-order valence-electron chi connectivity index (χ2n) is 9.33. The summed E-state index contributed by atoms with van der Waals surface area (Å²) >= 11 is 0. The molecule has 0 spiro atoms. The normalized spacial score (nSPS) is 23.0. The van der Waals surface area contributed by atoms with Crippen molar-refractivity contribution >= 4 is 11.8 Å². The molecule has 36 heavy (non-hydrogen) atoms. The largest absolute Gasteiger partial charge is 0.573 e. The topological polar surface area (TPSA) is 73.9 Å². The molecule has 2 heterocycles. The van der Waals surface area contributed by atoms with E-state index in [0.717, 1.165) is 12.0 Å². The number of hydrogen-bond acceptors (Lipinski definition) is 5. The number of fused-ring (bicyclic) bond motifs is 1. The highest BCUT2D eigenvalue weighted by atomic mass is 19.4. The molecule has 2 aliphatic rings. The Hall–Kier alpha value is -3.11. The summed E-state index contributed by atoms with van der Waals surface area (Å²) in [5.41, 5.74) is 1.68. The van der Waals surface area contributed by atoms with Crippen LogP contribution in [0.15, 0.2) is 54.6 Å². The highest BCUT2D eigenvalue weighted by molar-refractivity contribution is 5.83. The van der Waals surface area contributed by atoms with Crippen LogP contribution in [-0.4, -0.2) is 66.2 Å². The van der Waals surface area contributed by atoms with E-state index in [0.29, 0.717) is 44.6 Å². The molecule has 2 fully saturated rings. The van der Waals surface area contributed by atoms with Crippen molar-refractivity contribution in [2.45, 2.75) is 56.8 Å². The van der Waals surface area contributed by atoms with Crippen molar-refractivity contribution < 1.29 is 27.5 Å². The third-order valence-corrected chi connectivity index (χ3v) is 6.90. The number of likely N-dealkylation sites (tertiary alicyclic amines) is 1. The zero-order valence-corrected chi connectivity index (χ0v) is 20.1. The van der Waals surface area contributed by atoms with Gasteiger partial charge in [0.25, 0.3) is 0 Å². The lowest BCUT2D eigenvalue weighted by Gasteiger charge is -2.33. The molecule has 0 saturated carbocycles. The van der Waals surface area contributed by atoms with Crippen molar-refractivity contribution in [1.29, 1.82) is 0 Å². The van der Waals surface area contributed by atoms with Crippen LogP contribution in [0, 0.1) is 0 Å². The van der Waals surface area contributed by atoms with Gasteiger partial charge in [-0.25, -0.2) is 0 Å². The fourth-order valence-corrected chi connectivity index (χ4v) is 5.08. The maximum Gasteiger partial charge on any atom is 0.573 e. The number of benzene rings is 2. The fraction of sp³-hybridized carbons (Fsp3) is 0.462. The summed E-state index contributed by atoms with van der Waals surface area (Å²) in [4.78, 5) is 29.6. The summed E-state index contributed by atoms with van der Waals surface area (Å²) < 4.78 is 41.8. The van der Waals surface area contributed by atoms with Crippen molar-refractivity contribution in [2.75, 3.05) is 20.1 Å². The summed E-state index contributed by atoms with van der Waals surface area (Å²) in [6.07, 6.45) is -3.04. The Morgan fingerprint density at radius 2 is 1.89 bits per heavy atom. The van der Waals surface area contributed by atoms with Crippen molar-refractivity contribution in [3.8, 4) is 5.75 Å². The van der Waals surface area contributed by atoms with E-state index in [9.17, 15) is 22.8 Å². The van der Waals surface area contributed by atoms with E-state index in [2.05, 4.69) is 20.3 Å². The molecule has 0 radical (unpaired) electrons. The number of nitrogens with one attached hydrogen (secondary N) is 2. The molecule has 3 unspecified atom stereocenters. The van der Waals surface area contributed by atoms with Gasteiger partial charge < -0.3 is 15.4 Å². The number of alkyl halides is 3. The van der Waals surface area contributed by atoms with E-state index in [1.54, 1.807) is 6.07 Å². The van der Waals surface area contributed by atoms with Crippen LogP contribution in [0.5, 0.6) is 5.75 Å². The predicted molar refractivity (Wildman–Crippen MR) is 128 cm³/mol. The average molecular weight is 505 g/mol. The van der Waals surface area contributed by atoms with Gasteiger partial charge in [0.2, 0.25) is 11.8 Å². The van der Waals surface area contributed by atoms with E-state index in [1.807, 2.05) is 42.3 Å². The number of rotatable bonds is 8. The van der Waals surface area contributed by atoms with Crippen LogP contribution in [0.2, 0.25) is 0 Å². The van der Waals surface area contributed by atoms with Crippen LogP contribution in [0.3, 0.4) is 0 Å². The van der Waals surface area contributed by atoms with Crippen molar-refractivity contribution in [2.24, 2.45) is 0 Å². The summed E-state index contributed by atoms with van der Waals surface area (Å²) in [5, 5.41) is 5.95. The molecule has 2 aromatic rings. The van der Waals surface area contributed by atoms with Crippen LogP contribution in [0.25, 0.3) is 0 Å². The minimum Gasteiger partial charge on any atom is -0.406 e. The number of carbonyl (C=O) groups is 2. The van der Waals surface area contributed by atoms with Gasteiger partial charge in [-0.1, -0.05) is 42.5 Å². The quantitative estimate of drug-likeness (QED) is 0.578. The van der Waals surface area contributed by atoms with Crippen LogP contribution in [0.4, 0.5) is 13.2 Å². The number of likely N-dealkylation sites (N-methyl/N-ethyl adjacent to an activating group) is 1. The molecular formula is C26H31F3N4O3. The van der Waals surface area contributed by atoms with Gasteiger partial charge in [0.1, 0.15) is 11.8 Å². The molecule has 3 atom stereocenters. The zero-order valence-electron chi connectivity index (χ0n) is 20.1. The molecule has 2 aliphatic heterocycles. The predicted octanol–water partition coefficient (Wildman–Crippen LogP) is 3.05. The first kappa shape index (κ1) is 26.0. The number of halogens is 3. The van der Waals surface area contributed by atoms with E-state index in [1.165, 1.54) is 18.2 Å². The average Bonchev–Trinajstić information content (AvgIpc) is 3.20. The third kappa shape index (κ3) is 6.76. The molecule has 0 bridgehead atoms. The van der Waals surface area contributed by atoms with Gasteiger partial charge in [0.05, 0.1) is 0 Å². The molecule has 10 heteroatoms. The summed E-state index contributed by atoms with van der Waals surface area (Å²) in [5.74, 6) is -0.403. The second-order valence-corrected chi connectivity index (χ2v) is 9.33. The number of nitrogens with zero attached hydrogens (tertiary/aromatic N) is 2. The minimum atomic E-state index is -4.76. The highest BCUT2D eigenvalue weighted by Crippen LogP contribution is 2.30. The summed E-state index contributed by atoms with van der Waals surface area (Å²) in [7, 11) is 1.98. The number of amides is 2. The molecule has 2 N–H and O–H groups in total. The molecule has 2 saturated heterocycles. The van der Waals surface area contributed by atoms with Gasteiger partial charge in [0, 0.05) is 44.7 Å². The number of carbonyl (C=O) groups excluding carboxylic acids is 2. The summed E-state index contributed by atoms with van der Waals surface area (Å²) in [6, 6.07) is 15.1. The second kappa shape index (κ2) is 11.3. The van der Waals surface area contributed by atoms with E-state index in [4.69, 9.17) is 0 Å². The molecule has 2 aromatic carbocycles. The molecule has 0 aromatic heterocycles. The Balaban J connectivity index is 1.34. The van der Waals surface area contributed by atoms with Gasteiger partial charge in [-0.3, -0.25) is 19.4 Å². The highest BCUT2D eigenvalue weighted by Gasteiger charge is 2.45. The molecule has 7 nitrogen and oxygen atoms in total. The first-order valence-electron chi connectivity index (χ1n) is 12.1. The van der Waals surface area contributed by atoms with Crippen LogP contribution >= 0.6 is 0 Å². The lowest BCUT2D eigenvalue weighted by atomic mass is 10.0. The fourth-order valence-electron chi connectivity index (χ4n) is 5.08. The van der Waals surface area contributed by atoms with Crippen LogP contribution in [-0.2, 0) is 22.7 Å². The number of hydrogen-bond donors (Lipinski definition) is 2. The molecule has 2 amide bonds. The maximum absolute atomic E-state index is 13.0. The van der Waals surface area contributed by atoms with E-state index in [-0.39, 0.29) is 29.6 Å². The van der Waals surface area contributed by atoms with Gasteiger partial charge in [0.15, 0.2) is 0 Å². The Morgan fingerprint density at radius 3 is 2.64 bits per heavy atom. The third-order valence-electron chi connectivity index (χ3n) is 6.90. The Bertz CT molecular complexity index is 1050. The Kier molecular flexibility index (Phi) is 8.15. The molecule has 4 rings (SSSR count). The Labute approximate surface area is 208 Å². The van der Waals surface area contributed by atoms with E-state index < -0.39 is 12.4 Å². The first-order chi connectivity index (χ1) is 17.2. The lowest BCUT2D eigenvalue weighted by molar-refractivity contribution is -0.274. The van der Waals surface area contributed by atoms with Gasteiger partial charge in [-0.2, -0.15) is 0 Å². The van der Waals surface area contributed by atoms with Crippen LogP contribution < -0.4 is 15.4 Å². The SMILES string of the molecule is CN1C(CCC(=O)NCc2ccccc2)CNC(=O)C2C1CCN2Cc1cccc(OC(F)(F)F)c1. The van der Waals surface area contributed by atoms with Crippen molar-refractivity contribution in [1.82, 2.24) is 20.4 Å². The van der Waals surface area contributed by atoms with Gasteiger partial charge in [-0.15, -0.1) is 13.2 Å². The smallest absolute Gasteiger partial charge is 0.406 e. The van der Waals surface area contributed by atoms with Crippen molar-refractivity contribution in [3.63, 3.8) is 0 Å². The Morgan fingerprint density at radius 1 is 1.14 bits per heavy atom. The number of ether oxygens (including phenoxy) is 1. The standard InChI is InChI=1S/C26H31F3N4O3/c1-32-20(10-11-23(34)30-15-18-6-3-2-4-7-18)16-31-25(35)24-22(32)12-13-33(24)17-19-8-5-9-21(14-19)36-26(27,28)29/h2-9,14,20,22,24H,10-13,15-17H2,1H3,(H,30,34)(H,31,35). The summed E-state index contributed by atoms with van der Waals surface area (Å²) in [6.45, 7) is 1.90. The van der Waals surface area contributed by atoms with Crippen LogP contribution in [0.1, 0.15) is 30.4 Å². The first-order valence-corrected chi connectivity index (χ1v) is 12.1. The molecular weight excluding hydrogens is 473 g/mol. The molecule has 194 valence electrons. The van der Waals surface area contributed by atoms with E-state index >= 15 is 0 Å². The van der Waals surface area contributed by atoms with Gasteiger partial charge >= 0.3 is 6.36 Å². The van der Waals surface area contributed by atoms with Gasteiger partial charge in [-0.05, 0) is 43.1 Å². The minimum absolute atomic E-state index is 0.00916. The van der Waals surface area contributed by atoms with Crippen molar-refractivity contribution in [3.05, 3.63) is 65.7 Å². The lowest BCUT2D eigenvalue weighted by Crippen LogP contribution is -2.49. The zero-order chi connectivity index (χ0) is 25.7. The maximum atomic E-state index is 13.0.